The third kappa shape index (κ3) is 3.68. The lowest BCUT2D eigenvalue weighted by Crippen LogP contribution is -2.06. The van der Waals surface area contributed by atoms with E-state index < -0.39 is 9.84 Å². The van der Waals surface area contributed by atoms with Crippen LogP contribution in [0, 0.1) is 13.8 Å². The van der Waals surface area contributed by atoms with Gasteiger partial charge < -0.3 is 10.2 Å². The number of phenols is 2. The van der Waals surface area contributed by atoms with Gasteiger partial charge in [-0.2, -0.15) is 0 Å². The zero-order valence-corrected chi connectivity index (χ0v) is 18.0. The molecule has 31 heavy (non-hydrogen) atoms. The molecule has 0 atom stereocenters. The summed E-state index contributed by atoms with van der Waals surface area (Å²) in [4.78, 5) is 0.196. The van der Waals surface area contributed by atoms with E-state index in [0.29, 0.717) is 27.8 Å². The lowest BCUT2D eigenvalue weighted by molar-refractivity contribution is 0.470. The van der Waals surface area contributed by atoms with E-state index in [9.17, 15) is 18.6 Å². The minimum absolute atomic E-state index is 0.0362. The summed E-state index contributed by atoms with van der Waals surface area (Å²) in [6.07, 6.45) is 0. The lowest BCUT2D eigenvalue weighted by Gasteiger charge is -2.19. The molecule has 4 aromatic carbocycles. The van der Waals surface area contributed by atoms with Crippen molar-refractivity contribution in [2.75, 3.05) is 0 Å². The van der Waals surface area contributed by atoms with Crippen LogP contribution < -0.4 is 0 Å². The maximum atomic E-state index is 13.8. The van der Waals surface area contributed by atoms with Gasteiger partial charge in [0.15, 0.2) is 0 Å². The van der Waals surface area contributed by atoms with Crippen molar-refractivity contribution in [3.63, 3.8) is 0 Å². The monoisotopic (exact) mass is 430 g/mol. The van der Waals surface area contributed by atoms with Gasteiger partial charge in [-0.05, 0) is 54.8 Å². The number of benzene rings is 4. The van der Waals surface area contributed by atoms with Gasteiger partial charge in [0.1, 0.15) is 11.5 Å². The first-order chi connectivity index (χ1) is 14.8. The third-order valence-corrected chi connectivity index (χ3v) is 7.20. The van der Waals surface area contributed by atoms with Gasteiger partial charge in [0.25, 0.3) is 0 Å². The maximum Gasteiger partial charge on any atom is 0.207 e. The van der Waals surface area contributed by atoms with Crippen LogP contribution in [0.15, 0.2) is 94.7 Å². The Morgan fingerprint density at radius 2 is 1.29 bits per heavy atom. The molecule has 0 saturated heterocycles. The fraction of sp³-hybridized carbons (Fsp3) is 0.0769. The van der Waals surface area contributed by atoms with Crippen LogP contribution in [0.4, 0.5) is 0 Å². The standard InChI is InChI=1S/C26H22O4S/c1-17-15-21(13-14-23(17)27)31(29,30)24-16-22(19-9-5-3-6-10-19)26(28)18(2)25(24)20-11-7-4-8-12-20/h3-16,27-28H,1-2H3. The molecule has 5 heteroatoms. The van der Waals surface area contributed by atoms with Crippen molar-refractivity contribution in [3.05, 3.63) is 96.1 Å². The van der Waals surface area contributed by atoms with Crippen molar-refractivity contribution >= 4 is 9.84 Å². The van der Waals surface area contributed by atoms with Crippen molar-refractivity contribution in [1.82, 2.24) is 0 Å². The van der Waals surface area contributed by atoms with Crippen molar-refractivity contribution in [2.24, 2.45) is 0 Å². The SMILES string of the molecule is Cc1cc(S(=O)(=O)c2cc(-c3ccccc3)c(O)c(C)c2-c2ccccc2)ccc1O. The molecule has 0 heterocycles. The van der Waals surface area contributed by atoms with Gasteiger partial charge >= 0.3 is 0 Å². The molecule has 0 bridgehead atoms. The summed E-state index contributed by atoms with van der Waals surface area (Å²) in [5.74, 6) is 0.0833. The first-order valence-electron chi connectivity index (χ1n) is 9.83. The first-order valence-corrected chi connectivity index (χ1v) is 11.3. The smallest absolute Gasteiger partial charge is 0.207 e. The van der Waals surface area contributed by atoms with Crippen LogP contribution in [0.5, 0.6) is 11.5 Å². The molecule has 2 N–H and O–H groups in total. The van der Waals surface area contributed by atoms with Crippen LogP contribution >= 0.6 is 0 Å². The number of aryl methyl sites for hydroxylation is 1. The Bertz CT molecular complexity index is 1360. The van der Waals surface area contributed by atoms with Crippen molar-refractivity contribution in [3.8, 4) is 33.8 Å². The minimum Gasteiger partial charge on any atom is -0.508 e. The van der Waals surface area contributed by atoms with Gasteiger partial charge in [0, 0.05) is 16.7 Å². The highest BCUT2D eigenvalue weighted by molar-refractivity contribution is 7.91. The molecule has 0 fully saturated rings. The third-order valence-electron chi connectivity index (χ3n) is 5.42. The zero-order chi connectivity index (χ0) is 22.2. The number of sulfone groups is 1. The number of hydrogen-bond acceptors (Lipinski definition) is 4. The second-order valence-electron chi connectivity index (χ2n) is 7.45. The molecule has 4 nitrogen and oxygen atoms in total. The lowest BCUT2D eigenvalue weighted by atomic mass is 9.94. The molecule has 4 rings (SSSR count). The molecule has 0 spiro atoms. The van der Waals surface area contributed by atoms with E-state index in [-0.39, 0.29) is 21.3 Å². The summed E-state index contributed by atoms with van der Waals surface area (Å²) in [7, 11) is -3.95. The molecule has 0 radical (unpaired) electrons. The molecular weight excluding hydrogens is 408 g/mol. The molecule has 0 amide bonds. The maximum absolute atomic E-state index is 13.8. The van der Waals surface area contributed by atoms with Crippen molar-refractivity contribution in [1.29, 1.82) is 0 Å². The van der Waals surface area contributed by atoms with E-state index >= 15 is 0 Å². The Kier molecular flexibility index (Phi) is 5.29. The average molecular weight is 431 g/mol. The van der Waals surface area contributed by atoms with E-state index in [0.717, 1.165) is 5.56 Å². The number of hydrogen-bond donors (Lipinski definition) is 2. The molecule has 0 unspecified atom stereocenters. The fourth-order valence-corrected chi connectivity index (χ4v) is 5.36. The first kappa shape index (κ1) is 20.7. The highest BCUT2D eigenvalue weighted by Gasteiger charge is 2.27. The number of aromatic hydroxyl groups is 2. The van der Waals surface area contributed by atoms with E-state index in [1.807, 2.05) is 60.7 Å². The van der Waals surface area contributed by atoms with Crippen LogP contribution in [0.25, 0.3) is 22.3 Å². The second kappa shape index (κ2) is 7.93. The average Bonchev–Trinajstić information content (AvgIpc) is 2.78. The molecule has 156 valence electrons. The van der Waals surface area contributed by atoms with Crippen LogP contribution in [0.3, 0.4) is 0 Å². The minimum atomic E-state index is -3.95. The zero-order valence-electron chi connectivity index (χ0n) is 17.2. The second-order valence-corrected chi connectivity index (χ2v) is 9.37. The molecule has 0 aliphatic carbocycles. The molecule has 0 saturated carbocycles. The molecule has 0 aliphatic heterocycles. The summed E-state index contributed by atoms with van der Waals surface area (Å²) in [6, 6.07) is 24.2. The summed E-state index contributed by atoms with van der Waals surface area (Å²) in [5.41, 5.74) is 3.29. The van der Waals surface area contributed by atoms with Crippen LogP contribution in [0.1, 0.15) is 11.1 Å². The molecular formula is C26H22O4S. The van der Waals surface area contributed by atoms with Crippen LogP contribution in [-0.4, -0.2) is 18.6 Å². The predicted molar refractivity (Wildman–Crippen MR) is 122 cm³/mol. The predicted octanol–water partition coefficient (Wildman–Crippen LogP) is 5.88. The topological polar surface area (TPSA) is 74.6 Å². The Morgan fingerprint density at radius 3 is 1.87 bits per heavy atom. The van der Waals surface area contributed by atoms with Gasteiger partial charge in [-0.25, -0.2) is 8.42 Å². The number of phenolic OH excluding ortho intramolecular Hbond substituents is 2. The summed E-state index contributed by atoms with van der Waals surface area (Å²) < 4.78 is 27.6. The Hall–Kier alpha value is -3.57. The largest absolute Gasteiger partial charge is 0.508 e. The highest BCUT2D eigenvalue weighted by Crippen LogP contribution is 2.43. The van der Waals surface area contributed by atoms with E-state index in [1.165, 1.54) is 24.3 Å². The van der Waals surface area contributed by atoms with Crippen LogP contribution in [0.2, 0.25) is 0 Å². The summed E-state index contributed by atoms with van der Waals surface area (Å²) in [6.45, 7) is 3.38. The molecule has 0 aliphatic rings. The number of rotatable bonds is 4. The highest BCUT2D eigenvalue weighted by atomic mass is 32.2. The molecule has 0 aromatic heterocycles. The van der Waals surface area contributed by atoms with E-state index in [2.05, 4.69) is 0 Å². The summed E-state index contributed by atoms with van der Waals surface area (Å²) in [5, 5.41) is 20.9. The summed E-state index contributed by atoms with van der Waals surface area (Å²) >= 11 is 0. The van der Waals surface area contributed by atoms with E-state index in [1.54, 1.807) is 13.8 Å². The molecule has 4 aromatic rings. The van der Waals surface area contributed by atoms with Crippen molar-refractivity contribution < 1.29 is 18.6 Å². The van der Waals surface area contributed by atoms with Crippen LogP contribution in [-0.2, 0) is 9.84 Å². The normalized spacial score (nSPS) is 11.4. The van der Waals surface area contributed by atoms with Gasteiger partial charge in [-0.3, -0.25) is 0 Å². The van der Waals surface area contributed by atoms with Gasteiger partial charge in [-0.1, -0.05) is 60.7 Å². The van der Waals surface area contributed by atoms with Gasteiger partial charge in [0.2, 0.25) is 9.84 Å². The Labute approximate surface area is 182 Å². The van der Waals surface area contributed by atoms with Gasteiger partial charge in [-0.15, -0.1) is 0 Å². The Morgan fingerprint density at radius 1 is 0.710 bits per heavy atom. The quantitative estimate of drug-likeness (QED) is 0.424. The fourth-order valence-electron chi connectivity index (χ4n) is 3.71. The Balaban J connectivity index is 2.07. The van der Waals surface area contributed by atoms with Gasteiger partial charge in [0.05, 0.1) is 9.79 Å². The van der Waals surface area contributed by atoms with E-state index in [4.69, 9.17) is 0 Å². The van der Waals surface area contributed by atoms with Crippen molar-refractivity contribution in [2.45, 2.75) is 23.6 Å².